The molecule has 0 bridgehead atoms. The first-order chi connectivity index (χ1) is 10.3. The lowest BCUT2D eigenvalue weighted by Crippen LogP contribution is -2.37. The third-order valence-corrected chi connectivity index (χ3v) is 3.94. The lowest BCUT2D eigenvalue weighted by atomic mass is 9.85. The largest absolute Gasteiger partial charge is 0.377 e. The van der Waals surface area contributed by atoms with Crippen LogP contribution in [-0.2, 0) is 17.9 Å². The van der Waals surface area contributed by atoms with E-state index < -0.39 is 0 Å². The molecule has 0 saturated heterocycles. The zero-order chi connectivity index (χ0) is 14.9. The molecule has 0 atom stereocenters. The molecule has 0 heterocycles. The predicted molar refractivity (Wildman–Crippen MR) is 87.1 cm³/mol. The number of hydrogen-bond donors (Lipinski definition) is 2. The highest BCUT2D eigenvalue weighted by Gasteiger charge is 2.16. The molecule has 4 heteroatoms. The molecule has 0 radical (unpaired) electrons. The normalized spacial score (nSPS) is 15.8. The number of ether oxygens (including phenoxy) is 1. The quantitative estimate of drug-likeness (QED) is 0.439. The molecule has 1 fully saturated rings. The predicted octanol–water partition coefficient (Wildman–Crippen LogP) is 2.82. The number of benzene rings is 1. The number of rotatable bonds is 8. The standard InChI is InChI=1S/C17H27N3O/c1-2-10-21-13-16-9-4-3-8-15(16)12-20-17(18)19-11-14-6-5-7-14/h3-4,8-9,14H,2,5-7,10-13H2,1H3,(H3,18,19,20). The van der Waals surface area contributed by atoms with Crippen molar-refractivity contribution >= 4 is 5.96 Å². The van der Waals surface area contributed by atoms with Crippen LogP contribution in [0, 0.1) is 5.92 Å². The maximum absolute atomic E-state index is 5.93. The molecule has 2 rings (SSSR count). The fourth-order valence-corrected chi connectivity index (χ4v) is 2.35. The molecule has 0 aromatic heterocycles. The van der Waals surface area contributed by atoms with Gasteiger partial charge in [-0.05, 0) is 36.3 Å². The maximum atomic E-state index is 5.93. The van der Waals surface area contributed by atoms with Crippen molar-refractivity contribution in [2.24, 2.45) is 16.6 Å². The van der Waals surface area contributed by atoms with Gasteiger partial charge >= 0.3 is 0 Å². The second kappa shape index (κ2) is 8.67. The first-order valence-electron chi connectivity index (χ1n) is 7.98. The average Bonchev–Trinajstić information content (AvgIpc) is 2.45. The van der Waals surface area contributed by atoms with Gasteiger partial charge in [-0.2, -0.15) is 0 Å². The van der Waals surface area contributed by atoms with Crippen LogP contribution in [0.15, 0.2) is 29.3 Å². The van der Waals surface area contributed by atoms with Crippen LogP contribution >= 0.6 is 0 Å². The fraction of sp³-hybridized carbons (Fsp3) is 0.588. The molecular weight excluding hydrogens is 262 g/mol. The van der Waals surface area contributed by atoms with Gasteiger partial charge in [0.15, 0.2) is 5.96 Å². The SMILES string of the molecule is CCCOCc1ccccc1CN=C(N)NCC1CCC1. The van der Waals surface area contributed by atoms with E-state index >= 15 is 0 Å². The average molecular weight is 289 g/mol. The molecule has 0 unspecified atom stereocenters. The molecule has 1 aromatic rings. The molecule has 1 saturated carbocycles. The minimum Gasteiger partial charge on any atom is -0.377 e. The summed E-state index contributed by atoms with van der Waals surface area (Å²) in [7, 11) is 0. The lowest BCUT2D eigenvalue weighted by Gasteiger charge is -2.25. The van der Waals surface area contributed by atoms with Crippen molar-refractivity contribution in [3.8, 4) is 0 Å². The van der Waals surface area contributed by atoms with Gasteiger partial charge in [0.25, 0.3) is 0 Å². The monoisotopic (exact) mass is 289 g/mol. The highest BCUT2D eigenvalue weighted by Crippen LogP contribution is 2.25. The highest BCUT2D eigenvalue weighted by molar-refractivity contribution is 5.77. The topological polar surface area (TPSA) is 59.6 Å². The molecule has 0 amide bonds. The molecule has 0 spiro atoms. The summed E-state index contributed by atoms with van der Waals surface area (Å²) in [5.74, 6) is 1.33. The molecule has 1 aliphatic carbocycles. The summed E-state index contributed by atoms with van der Waals surface area (Å²) in [6.45, 7) is 5.12. The van der Waals surface area contributed by atoms with Gasteiger partial charge in [-0.15, -0.1) is 0 Å². The Morgan fingerprint density at radius 2 is 2.10 bits per heavy atom. The van der Waals surface area contributed by atoms with Crippen molar-refractivity contribution in [2.75, 3.05) is 13.2 Å². The molecule has 0 aliphatic heterocycles. The van der Waals surface area contributed by atoms with Crippen molar-refractivity contribution in [3.05, 3.63) is 35.4 Å². The summed E-state index contributed by atoms with van der Waals surface area (Å²) in [4.78, 5) is 4.44. The first kappa shape index (κ1) is 15.8. The van der Waals surface area contributed by atoms with Gasteiger partial charge in [0, 0.05) is 13.2 Å². The smallest absolute Gasteiger partial charge is 0.188 e. The number of nitrogens with one attached hydrogen (secondary N) is 1. The van der Waals surface area contributed by atoms with Gasteiger partial charge in [0.1, 0.15) is 0 Å². The van der Waals surface area contributed by atoms with Crippen LogP contribution < -0.4 is 11.1 Å². The van der Waals surface area contributed by atoms with Gasteiger partial charge in [-0.3, -0.25) is 0 Å². The molecule has 4 nitrogen and oxygen atoms in total. The Hall–Kier alpha value is -1.55. The van der Waals surface area contributed by atoms with Crippen molar-refractivity contribution in [2.45, 2.75) is 45.8 Å². The molecular formula is C17H27N3O. The van der Waals surface area contributed by atoms with Crippen LogP contribution in [0.1, 0.15) is 43.7 Å². The Kier molecular flexibility index (Phi) is 6.54. The second-order valence-corrected chi connectivity index (χ2v) is 5.70. The van der Waals surface area contributed by atoms with Crippen LogP contribution in [0.3, 0.4) is 0 Å². The Labute approximate surface area is 127 Å². The summed E-state index contributed by atoms with van der Waals surface area (Å²) in [5.41, 5.74) is 8.31. The maximum Gasteiger partial charge on any atom is 0.188 e. The van der Waals surface area contributed by atoms with Crippen LogP contribution in [0.2, 0.25) is 0 Å². The van der Waals surface area contributed by atoms with E-state index in [1.54, 1.807) is 0 Å². The number of nitrogens with two attached hydrogens (primary N) is 1. The molecule has 1 aliphatic rings. The van der Waals surface area contributed by atoms with Crippen molar-refractivity contribution in [1.82, 2.24) is 5.32 Å². The van der Waals surface area contributed by atoms with Gasteiger partial charge in [0.05, 0.1) is 13.2 Å². The minimum absolute atomic E-state index is 0.547. The van der Waals surface area contributed by atoms with Crippen LogP contribution in [-0.4, -0.2) is 19.1 Å². The summed E-state index contributed by atoms with van der Waals surface area (Å²) in [6.07, 6.45) is 5.03. The fourth-order valence-electron chi connectivity index (χ4n) is 2.35. The van der Waals surface area contributed by atoms with E-state index in [0.29, 0.717) is 19.1 Å². The summed E-state index contributed by atoms with van der Waals surface area (Å²) >= 11 is 0. The Morgan fingerprint density at radius 1 is 1.33 bits per heavy atom. The lowest BCUT2D eigenvalue weighted by molar-refractivity contribution is 0.121. The number of aliphatic imine (C=N–C) groups is 1. The third kappa shape index (κ3) is 5.38. The summed E-state index contributed by atoms with van der Waals surface area (Å²) in [5, 5.41) is 3.22. The van der Waals surface area contributed by atoms with Crippen LogP contribution in [0.4, 0.5) is 0 Å². The van der Waals surface area contributed by atoms with Crippen molar-refractivity contribution in [3.63, 3.8) is 0 Å². The molecule has 3 N–H and O–H groups in total. The van der Waals surface area contributed by atoms with E-state index in [1.165, 1.54) is 30.4 Å². The third-order valence-electron chi connectivity index (χ3n) is 3.94. The Bertz CT molecular complexity index is 455. The summed E-state index contributed by atoms with van der Waals surface area (Å²) < 4.78 is 5.62. The van der Waals surface area contributed by atoms with E-state index in [2.05, 4.69) is 29.4 Å². The van der Waals surface area contributed by atoms with Gasteiger partial charge in [0.2, 0.25) is 0 Å². The minimum atomic E-state index is 0.547. The Morgan fingerprint density at radius 3 is 2.76 bits per heavy atom. The van der Waals surface area contributed by atoms with E-state index in [4.69, 9.17) is 10.5 Å². The zero-order valence-corrected chi connectivity index (χ0v) is 13.0. The number of nitrogens with zero attached hydrogens (tertiary/aromatic N) is 1. The number of guanidine groups is 1. The second-order valence-electron chi connectivity index (χ2n) is 5.70. The zero-order valence-electron chi connectivity index (χ0n) is 13.0. The summed E-state index contributed by atoms with van der Waals surface area (Å²) in [6, 6.07) is 8.26. The van der Waals surface area contributed by atoms with E-state index in [9.17, 15) is 0 Å². The van der Waals surface area contributed by atoms with Crippen LogP contribution in [0.25, 0.3) is 0 Å². The van der Waals surface area contributed by atoms with Crippen molar-refractivity contribution in [1.29, 1.82) is 0 Å². The first-order valence-corrected chi connectivity index (χ1v) is 7.98. The van der Waals surface area contributed by atoms with E-state index in [-0.39, 0.29) is 0 Å². The van der Waals surface area contributed by atoms with Gasteiger partial charge in [-0.1, -0.05) is 37.6 Å². The number of hydrogen-bond acceptors (Lipinski definition) is 2. The van der Waals surface area contributed by atoms with Gasteiger partial charge in [-0.25, -0.2) is 4.99 Å². The van der Waals surface area contributed by atoms with Crippen molar-refractivity contribution < 1.29 is 4.74 Å². The highest BCUT2D eigenvalue weighted by atomic mass is 16.5. The van der Waals surface area contributed by atoms with E-state index in [0.717, 1.165) is 25.5 Å². The van der Waals surface area contributed by atoms with E-state index in [1.807, 2.05) is 12.1 Å². The molecule has 1 aromatic carbocycles. The Balaban J connectivity index is 1.82. The molecule has 116 valence electrons. The van der Waals surface area contributed by atoms with Gasteiger partial charge < -0.3 is 15.8 Å². The van der Waals surface area contributed by atoms with Crippen LogP contribution in [0.5, 0.6) is 0 Å². The molecule has 21 heavy (non-hydrogen) atoms.